The molecule has 1 aromatic heterocycles. The average molecular weight is 291 g/mol. The first-order valence-electron chi connectivity index (χ1n) is 7.63. The number of amides is 1. The Hall–Kier alpha value is -1.62. The smallest absolute Gasteiger partial charge is 0.254 e. The fourth-order valence-corrected chi connectivity index (χ4v) is 3.21. The summed E-state index contributed by atoms with van der Waals surface area (Å²) in [6.45, 7) is 4.98. The number of aromatic nitrogens is 1. The molecule has 0 saturated heterocycles. The molecule has 1 heterocycles. The Labute approximate surface area is 126 Å². The molecule has 2 atom stereocenters. The summed E-state index contributed by atoms with van der Waals surface area (Å²) >= 11 is 0. The number of carbonyl (C=O) groups is 1. The van der Waals surface area contributed by atoms with E-state index >= 15 is 0 Å². The van der Waals surface area contributed by atoms with Gasteiger partial charge < -0.3 is 16.2 Å². The second-order valence-electron chi connectivity index (χ2n) is 5.98. The van der Waals surface area contributed by atoms with Gasteiger partial charge in [-0.2, -0.15) is 0 Å². The van der Waals surface area contributed by atoms with Gasteiger partial charge in [0.1, 0.15) is 5.56 Å². The second-order valence-corrected chi connectivity index (χ2v) is 5.98. The number of rotatable bonds is 5. The van der Waals surface area contributed by atoms with Gasteiger partial charge in [0.05, 0.1) is 6.61 Å². The molecule has 5 heteroatoms. The summed E-state index contributed by atoms with van der Waals surface area (Å²) < 4.78 is 5.86. The number of hydrogen-bond donors (Lipinski definition) is 2. The highest BCUT2D eigenvalue weighted by atomic mass is 16.5. The number of aryl methyl sites for hydroxylation is 2. The minimum Gasteiger partial charge on any atom is -0.477 e. The topological polar surface area (TPSA) is 91.2 Å². The number of nitrogens with two attached hydrogens (primary N) is 2. The van der Waals surface area contributed by atoms with Crippen molar-refractivity contribution < 1.29 is 9.53 Å². The lowest BCUT2D eigenvalue weighted by atomic mass is 9.80. The molecule has 1 amide bonds. The fourth-order valence-electron chi connectivity index (χ4n) is 3.21. The van der Waals surface area contributed by atoms with Gasteiger partial charge in [-0.15, -0.1) is 0 Å². The van der Waals surface area contributed by atoms with Crippen LogP contribution in [0, 0.1) is 25.7 Å². The first-order chi connectivity index (χ1) is 10.0. The van der Waals surface area contributed by atoms with E-state index in [1.807, 2.05) is 19.9 Å². The molecule has 21 heavy (non-hydrogen) atoms. The minimum absolute atomic E-state index is 0.362. The van der Waals surface area contributed by atoms with Crippen LogP contribution in [0.4, 0.5) is 0 Å². The van der Waals surface area contributed by atoms with Crippen molar-refractivity contribution in [2.45, 2.75) is 39.5 Å². The minimum atomic E-state index is -0.492. The zero-order valence-electron chi connectivity index (χ0n) is 12.9. The van der Waals surface area contributed by atoms with Crippen molar-refractivity contribution in [3.05, 3.63) is 22.9 Å². The Balaban J connectivity index is 2.13. The Bertz CT molecular complexity index is 516. The lowest BCUT2D eigenvalue weighted by Gasteiger charge is -2.30. The number of ether oxygens (including phenoxy) is 1. The summed E-state index contributed by atoms with van der Waals surface area (Å²) in [5.41, 5.74) is 13.3. The van der Waals surface area contributed by atoms with Crippen molar-refractivity contribution in [2.75, 3.05) is 13.2 Å². The third-order valence-electron chi connectivity index (χ3n) is 4.36. The Kier molecular flexibility index (Phi) is 5.17. The maximum Gasteiger partial charge on any atom is 0.254 e. The highest BCUT2D eigenvalue weighted by molar-refractivity contribution is 5.96. The van der Waals surface area contributed by atoms with Crippen LogP contribution in [0.3, 0.4) is 0 Å². The Morgan fingerprint density at radius 2 is 2.00 bits per heavy atom. The molecule has 1 saturated carbocycles. The monoisotopic (exact) mass is 291 g/mol. The summed E-state index contributed by atoms with van der Waals surface area (Å²) in [7, 11) is 0. The van der Waals surface area contributed by atoms with E-state index in [0.717, 1.165) is 24.1 Å². The molecule has 0 bridgehead atoms. The number of primary amides is 1. The highest BCUT2D eigenvalue weighted by Gasteiger charge is 2.25. The second kappa shape index (κ2) is 6.89. The summed E-state index contributed by atoms with van der Waals surface area (Å²) in [4.78, 5) is 15.9. The first kappa shape index (κ1) is 15.8. The van der Waals surface area contributed by atoms with Gasteiger partial charge in [-0.05, 0) is 56.7 Å². The molecule has 2 rings (SSSR count). The number of hydrogen-bond acceptors (Lipinski definition) is 4. The number of pyridine rings is 1. The van der Waals surface area contributed by atoms with E-state index in [2.05, 4.69) is 4.98 Å². The molecule has 4 N–H and O–H groups in total. The van der Waals surface area contributed by atoms with Gasteiger partial charge in [0, 0.05) is 5.69 Å². The van der Waals surface area contributed by atoms with Crippen molar-refractivity contribution in [2.24, 2.45) is 23.3 Å². The van der Waals surface area contributed by atoms with Gasteiger partial charge in [0.25, 0.3) is 5.91 Å². The summed E-state index contributed by atoms with van der Waals surface area (Å²) in [6, 6.07) is 1.84. The van der Waals surface area contributed by atoms with Crippen LogP contribution < -0.4 is 16.2 Å². The van der Waals surface area contributed by atoms with Crippen LogP contribution in [0.25, 0.3) is 0 Å². The Morgan fingerprint density at radius 3 is 2.62 bits per heavy atom. The molecule has 0 spiro atoms. The molecule has 1 fully saturated rings. The molecule has 1 aromatic rings. The molecule has 5 nitrogen and oxygen atoms in total. The molecule has 0 radical (unpaired) electrons. The zero-order chi connectivity index (χ0) is 15.4. The van der Waals surface area contributed by atoms with E-state index in [1.165, 1.54) is 12.8 Å². The fraction of sp³-hybridized carbons (Fsp3) is 0.625. The van der Waals surface area contributed by atoms with Gasteiger partial charge in [-0.25, -0.2) is 4.98 Å². The van der Waals surface area contributed by atoms with Crippen LogP contribution >= 0.6 is 0 Å². The van der Waals surface area contributed by atoms with Gasteiger partial charge in [-0.1, -0.05) is 12.8 Å². The van der Waals surface area contributed by atoms with E-state index in [9.17, 15) is 4.79 Å². The average Bonchev–Trinajstić information content (AvgIpc) is 2.44. The molecule has 1 aliphatic carbocycles. The van der Waals surface area contributed by atoms with Crippen LogP contribution in [0.5, 0.6) is 5.88 Å². The molecule has 116 valence electrons. The first-order valence-corrected chi connectivity index (χ1v) is 7.63. The molecular weight excluding hydrogens is 266 g/mol. The van der Waals surface area contributed by atoms with E-state index in [-0.39, 0.29) is 0 Å². The molecule has 2 unspecified atom stereocenters. The quantitative estimate of drug-likeness (QED) is 0.867. The lowest BCUT2D eigenvalue weighted by Crippen LogP contribution is -2.31. The van der Waals surface area contributed by atoms with Gasteiger partial charge in [0.15, 0.2) is 0 Å². The Morgan fingerprint density at radius 1 is 1.33 bits per heavy atom. The summed E-state index contributed by atoms with van der Waals surface area (Å²) in [5, 5.41) is 0. The van der Waals surface area contributed by atoms with Crippen molar-refractivity contribution in [1.82, 2.24) is 4.98 Å². The SMILES string of the molecule is Cc1cc(C)c(C(N)=O)c(OCC2CCCCC2CN)n1. The maximum absolute atomic E-state index is 11.6. The van der Waals surface area contributed by atoms with Crippen molar-refractivity contribution in [3.63, 3.8) is 0 Å². The van der Waals surface area contributed by atoms with Crippen LogP contribution in [0.1, 0.15) is 47.3 Å². The van der Waals surface area contributed by atoms with E-state index in [1.54, 1.807) is 0 Å². The van der Waals surface area contributed by atoms with Gasteiger partial charge in [-0.3, -0.25) is 4.79 Å². The van der Waals surface area contributed by atoms with Gasteiger partial charge >= 0.3 is 0 Å². The van der Waals surface area contributed by atoms with Crippen LogP contribution in [-0.4, -0.2) is 24.0 Å². The van der Waals surface area contributed by atoms with E-state index in [4.69, 9.17) is 16.2 Å². The lowest BCUT2D eigenvalue weighted by molar-refractivity contribution is 0.0989. The highest BCUT2D eigenvalue weighted by Crippen LogP contribution is 2.30. The van der Waals surface area contributed by atoms with Crippen molar-refractivity contribution in [3.8, 4) is 5.88 Å². The largest absolute Gasteiger partial charge is 0.477 e. The normalized spacial score (nSPS) is 22.0. The van der Waals surface area contributed by atoms with Gasteiger partial charge in [0.2, 0.25) is 5.88 Å². The van der Waals surface area contributed by atoms with E-state index in [0.29, 0.717) is 36.4 Å². The summed E-state index contributed by atoms with van der Waals surface area (Å²) in [6.07, 6.45) is 4.74. The molecule has 0 aromatic carbocycles. The zero-order valence-corrected chi connectivity index (χ0v) is 12.9. The van der Waals surface area contributed by atoms with Crippen LogP contribution in [0.2, 0.25) is 0 Å². The third kappa shape index (κ3) is 3.73. The van der Waals surface area contributed by atoms with Crippen LogP contribution in [-0.2, 0) is 0 Å². The number of carbonyl (C=O) groups excluding carboxylic acids is 1. The molecule has 1 aliphatic rings. The predicted molar refractivity (Wildman–Crippen MR) is 82.2 cm³/mol. The third-order valence-corrected chi connectivity index (χ3v) is 4.36. The van der Waals surface area contributed by atoms with Crippen LogP contribution in [0.15, 0.2) is 6.07 Å². The summed E-state index contributed by atoms with van der Waals surface area (Å²) in [5.74, 6) is 0.809. The molecular formula is C16H25N3O2. The molecule has 0 aliphatic heterocycles. The van der Waals surface area contributed by atoms with E-state index < -0.39 is 5.91 Å². The van der Waals surface area contributed by atoms with Crippen molar-refractivity contribution in [1.29, 1.82) is 0 Å². The number of nitrogens with zero attached hydrogens (tertiary/aromatic N) is 1. The predicted octanol–water partition coefficient (Wildman–Crippen LogP) is 1.94. The van der Waals surface area contributed by atoms with Crippen molar-refractivity contribution >= 4 is 5.91 Å². The maximum atomic E-state index is 11.6. The standard InChI is InChI=1S/C16H25N3O2/c1-10-7-11(2)19-16(14(10)15(18)20)21-9-13-6-4-3-5-12(13)8-17/h7,12-13H,3-6,8-9,17H2,1-2H3,(H2,18,20).